The van der Waals surface area contributed by atoms with E-state index in [4.69, 9.17) is 0 Å². The van der Waals surface area contributed by atoms with Crippen molar-refractivity contribution in [3.63, 3.8) is 0 Å². The van der Waals surface area contributed by atoms with Gasteiger partial charge in [-0.05, 0) is 289 Å². The fraction of sp³-hybridized carbons (Fsp3) is 0.167. The second kappa shape index (κ2) is 32.8. The molecule has 0 bridgehead atoms. The Kier molecular flexibility index (Phi) is 23.1. The third kappa shape index (κ3) is 19.7. The Hall–Kier alpha value is -9.68. The van der Waals surface area contributed by atoms with Crippen LogP contribution in [0.5, 0.6) is 0 Å². The van der Waals surface area contributed by atoms with Gasteiger partial charge < -0.3 is 0 Å². The fourth-order valence-electron chi connectivity index (χ4n) is 9.65. The first-order chi connectivity index (χ1) is 41.6. The maximum absolute atomic E-state index is 4.54. The normalized spacial score (nSPS) is 10.6. The van der Waals surface area contributed by atoms with Gasteiger partial charge in [-0.25, -0.2) is 0 Å². The second-order valence-electron chi connectivity index (χ2n) is 20.4. The largest absolute Gasteiger partial charge is 0.265 e. The number of nitrogens with zero attached hydrogens (tertiary/aromatic N) is 12. The number of pyridine rings is 12. The van der Waals surface area contributed by atoms with Crippen molar-refractivity contribution < 1.29 is 17.1 Å². The minimum atomic E-state index is 0. The summed E-state index contributed by atoms with van der Waals surface area (Å²) >= 11 is 0. The van der Waals surface area contributed by atoms with E-state index in [0.717, 1.165) is 111 Å². The van der Waals surface area contributed by atoms with Gasteiger partial charge in [-0.3, -0.25) is 59.8 Å². The summed E-state index contributed by atoms with van der Waals surface area (Å²) in [6, 6.07) is 50.2. The van der Waals surface area contributed by atoms with Crippen LogP contribution in [0, 0.1) is 0 Å². The van der Waals surface area contributed by atoms with Crippen LogP contribution in [-0.2, 0) is 94.1 Å². The molecule has 13 heteroatoms. The Bertz CT molecular complexity index is 3210. The molecule has 0 fully saturated rings. The third-order valence-electron chi connectivity index (χ3n) is 14.4. The van der Waals surface area contributed by atoms with E-state index in [1.807, 2.05) is 112 Å². The number of hydrogen-bond acceptors (Lipinski definition) is 12. The Morgan fingerprint density at radius 1 is 0.153 bits per heavy atom. The van der Waals surface area contributed by atoms with Crippen molar-refractivity contribution in [1.29, 1.82) is 0 Å². The molecule has 0 aliphatic rings. The van der Waals surface area contributed by atoms with Gasteiger partial charge in [0.2, 0.25) is 0 Å². The van der Waals surface area contributed by atoms with Crippen molar-refractivity contribution in [2.24, 2.45) is 0 Å². The van der Waals surface area contributed by atoms with E-state index >= 15 is 0 Å². The van der Waals surface area contributed by atoms with E-state index in [-0.39, 0.29) is 17.1 Å². The molecular formula is C72H66FeN12. The van der Waals surface area contributed by atoms with E-state index in [0.29, 0.717) is 0 Å². The number of rotatable bonds is 21. The second-order valence-corrected chi connectivity index (χ2v) is 20.4. The first kappa shape index (κ1) is 59.9. The van der Waals surface area contributed by atoms with Gasteiger partial charge in [-0.2, -0.15) is 0 Å². The summed E-state index contributed by atoms with van der Waals surface area (Å²) in [5.41, 5.74) is 21.0. The Morgan fingerprint density at radius 2 is 0.271 bits per heavy atom. The van der Waals surface area contributed by atoms with E-state index < -0.39 is 0 Å². The zero-order valence-electron chi connectivity index (χ0n) is 47.5. The van der Waals surface area contributed by atoms with E-state index in [1.165, 1.54) is 66.8 Å². The Morgan fingerprint density at radius 3 is 0.412 bits per heavy atom. The van der Waals surface area contributed by atoms with Crippen molar-refractivity contribution in [1.82, 2.24) is 59.8 Å². The third-order valence-corrected chi connectivity index (χ3v) is 14.4. The molecule has 12 heterocycles. The molecule has 0 atom stereocenters. The summed E-state index contributed by atoms with van der Waals surface area (Å²) < 4.78 is 0. The average Bonchev–Trinajstić information content (AvgIpc) is 3.66. The van der Waals surface area contributed by atoms with Gasteiger partial charge >= 0.3 is 0 Å². The van der Waals surface area contributed by atoms with Crippen molar-refractivity contribution in [2.75, 3.05) is 0 Å². The van der Waals surface area contributed by atoms with Crippen LogP contribution in [-0.4, -0.2) is 59.8 Å². The maximum atomic E-state index is 4.54. The van der Waals surface area contributed by atoms with Gasteiger partial charge in [-0.15, -0.1) is 0 Å². The molecular weight excluding hydrogens is 1090 g/mol. The van der Waals surface area contributed by atoms with Crippen LogP contribution in [0.2, 0.25) is 0 Å². The number of aryl methyl sites for hydroxylation is 12. The molecule has 12 rings (SSSR count). The molecule has 0 saturated heterocycles. The van der Waals surface area contributed by atoms with Crippen LogP contribution in [0.25, 0.3) is 34.2 Å². The van der Waals surface area contributed by atoms with Gasteiger partial charge in [0.25, 0.3) is 0 Å². The molecule has 12 nitrogen and oxygen atoms in total. The smallest absolute Gasteiger partial charge is 0.0888 e. The van der Waals surface area contributed by atoms with Crippen LogP contribution < -0.4 is 0 Å². The summed E-state index contributed by atoms with van der Waals surface area (Å²) in [7, 11) is 0. The first-order valence-corrected chi connectivity index (χ1v) is 28.6. The molecule has 12 aromatic rings. The molecule has 0 spiro atoms. The van der Waals surface area contributed by atoms with Crippen LogP contribution in [0.4, 0.5) is 0 Å². The molecule has 0 amide bonds. The topological polar surface area (TPSA) is 155 Å². The average molecular weight is 1160 g/mol. The quantitative estimate of drug-likeness (QED) is 0.0629. The molecule has 0 N–H and O–H groups in total. The molecule has 85 heavy (non-hydrogen) atoms. The molecule has 0 unspecified atom stereocenters. The van der Waals surface area contributed by atoms with E-state index in [1.54, 1.807) is 0 Å². The summed E-state index contributed by atoms with van der Waals surface area (Å²) in [6.07, 6.45) is 45.2. The zero-order chi connectivity index (χ0) is 57.1. The predicted molar refractivity (Wildman–Crippen MR) is 332 cm³/mol. The van der Waals surface area contributed by atoms with E-state index in [2.05, 4.69) is 205 Å². The molecule has 0 aliphatic heterocycles. The maximum Gasteiger partial charge on any atom is 0.0888 e. The molecule has 12 aromatic heterocycles. The van der Waals surface area contributed by atoms with Gasteiger partial charge in [0.1, 0.15) is 0 Å². The Balaban J connectivity index is 0.000000152. The van der Waals surface area contributed by atoms with Gasteiger partial charge in [0.05, 0.1) is 34.2 Å². The molecule has 0 aliphatic carbocycles. The van der Waals surface area contributed by atoms with Gasteiger partial charge in [0, 0.05) is 129 Å². The zero-order valence-corrected chi connectivity index (χ0v) is 48.6. The van der Waals surface area contributed by atoms with E-state index in [9.17, 15) is 0 Å². The predicted octanol–water partition coefficient (Wildman–Crippen LogP) is 13.5. The first-order valence-electron chi connectivity index (χ1n) is 28.6. The molecule has 0 radical (unpaired) electrons. The van der Waals surface area contributed by atoms with Gasteiger partial charge in [-0.1, -0.05) is 0 Å². The molecule has 0 saturated carbocycles. The summed E-state index contributed by atoms with van der Waals surface area (Å²) in [5, 5.41) is 0. The summed E-state index contributed by atoms with van der Waals surface area (Å²) in [5.74, 6) is 0. The van der Waals surface area contributed by atoms with Crippen LogP contribution in [0.3, 0.4) is 0 Å². The van der Waals surface area contributed by atoms with Crippen molar-refractivity contribution in [3.05, 3.63) is 324 Å². The minimum Gasteiger partial charge on any atom is -0.265 e. The standard InChI is InChI=1S/3C24H22N4.Fe/c3*1(19-5-11-25-12-6-19)3-21-9-15-27-23(17-21)24-18-22(10-16-28-24)4-2-20-7-13-26-14-8-20;/h3*5-18H,1-4H2;. The summed E-state index contributed by atoms with van der Waals surface area (Å²) in [4.78, 5) is 51.7. The van der Waals surface area contributed by atoms with Crippen molar-refractivity contribution >= 4 is 0 Å². The summed E-state index contributed by atoms with van der Waals surface area (Å²) in [6.45, 7) is 0. The Labute approximate surface area is 509 Å². The van der Waals surface area contributed by atoms with Crippen molar-refractivity contribution in [3.8, 4) is 34.2 Å². The van der Waals surface area contributed by atoms with Crippen LogP contribution in [0.15, 0.2) is 257 Å². The fourth-order valence-corrected chi connectivity index (χ4v) is 9.65. The molecule has 0 aromatic carbocycles. The SMILES string of the molecule is [Fe].c1cc(CCc2ccnc(-c3cc(CCc4ccncc4)ccn3)c2)ccn1.c1cc(CCc2ccnc(-c3cc(CCc4ccncc4)ccn3)c2)ccn1.c1cc(CCc2ccnc(-c3cc(CCc4ccncc4)ccn3)c2)ccn1. The number of aromatic nitrogens is 12. The van der Waals surface area contributed by atoms with Crippen LogP contribution in [0.1, 0.15) is 66.8 Å². The van der Waals surface area contributed by atoms with Gasteiger partial charge in [0.15, 0.2) is 0 Å². The van der Waals surface area contributed by atoms with Crippen LogP contribution >= 0.6 is 0 Å². The monoisotopic (exact) mass is 1150 g/mol. The molecule has 422 valence electrons. The number of hydrogen-bond donors (Lipinski definition) is 0. The minimum absolute atomic E-state index is 0. The van der Waals surface area contributed by atoms with Crippen molar-refractivity contribution in [2.45, 2.75) is 77.0 Å².